The molecule has 0 fully saturated rings. The van der Waals surface area contributed by atoms with E-state index in [-0.39, 0.29) is 11.8 Å². The van der Waals surface area contributed by atoms with Crippen LogP contribution in [0.3, 0.4) is 0 Å². The van der Waals surface area contributed by atoms with E-state index in [0.29, 0.717) is 5.56 Å². The molecule has 1 aromatic heterocycles. The molecular formula is C10H14N2O4. The summed E-state index contributed by atoms with van der Waals surface area (Å²) in [6, 6.07) is 0.861. The summed E-state index contributed by atoms with van der Waals surface area (Å²) in [7, 11) is 2.85. The lowest BCUT2D eigenvalue weighted by Gasteiger charge is -2.19. The van der Waals surface area contributed by atoms with Gasteiger partial charge >= 0.3 is 0 Å². The van der Waals surface area contributed by atoms with E-state index < -0.39 is 6.04 Å². The van der Waals surface area contributed by atoms with Gasteiger partial charge in [-0.2, -0.15) is 0 Å². The summed E-state index contributed by atoms with van der Waals surface area (Å²) in [6.45, 7) is 1.58. The first-order chi connectivity index (χ1) is 7.56. The van der Waals surface area contributed by atoms with Crippen LogP contribution < -0.4 is 5.32 Å². The Morgan fingerprint density at radius 3 is 2.75 bits per heavy atom. The van der Waals surface area contributed by atoms with Gasteiger partial charge in [0.05, 0.1) is 18.9 Å². The van der Waals surface area contributed by atoms with Gasteiger partial charge in [-0.3, -0.25) is 14.4 Å². The van der Waals surface area contributed by atoms with E-state index in [2.05, 4.69) is 5.32 Å². The van der Waals surface area contributed by atoms with Gasteiger partial charge in [0.2, 0.25) is 0 Å². The van der Waals surface area contributed by atoms with Gasteiger partial charge < -0.3 is 9.73 Å². The highest BCUT2D eigenvalue weighted by atomic mass is 16.7. The smallest absolute Gasteiger partial charge is 0.268 e. The summed E-state index contributed by atoms with van der Waals surface area (Å²) < 4.78 is 4.77. The van der Waals surface area contributed by atoms with Gasteiger partial charge in [0.1, 0.15) is 12.3 Å². The van der Waals surface area contributed by atoms with Gasteiger partial charge in [0.25, 0.3) is 11.8 Å². The maximum absolute atomic E-state index is 11.5. The van der Waals surface area contributed by atoms with Crippen molar-refractivity contribution in [3.63, 3.8) is 0 Å². The van der Waals surface area contributed by atoms with Crippen LogP contribution in [-0.2, 0) is 9.63 Å². The molecule has 1 atom stereocenters. The van der Waals surface area contributed by atoms with E-state index in [9.17, 15) is 9.59 Å². The molecule has 1 rings (SSSR count). The molecule has 0 aliphatic carbocycles. The molecule has 0 unspecified atom stereocenters. The summed E-state index contributed by atoms with van der Waals surface area (Å²) in [4.78, 5) is 27.8. The zero-order chi connectivity index (χ0) is 12.1. The number of furan rings is 1. The van der Waals surface area contributed by atoms with Crippen molar-refractivity contribution in [3.05, 3.63) is 24.2 Å². The Labute approximate surface area is 93.1 Å². The normalized spacial score (nSPS) is 11.9. The lowest BCUT2D eigenvalue weighted by molar-refractivity contribution is -0.170. The standard InChI is InChI=1S/C10H14N2O4/c1-7(10(14)12(2)15-3)11-9(13)8-4-5-16-6-8/h4-7H,1-3H3,(H,11,13)/t7-/m0/s1. The van der Waals surface area contributed by atoms with Crippen LogP contribution in [0.1, 0.15) is 17.3 Å². The van der Waals surface area contributed by atoms with Crippen LogP contribution in [-0.4, -0.2) is 37.1 Å². The molecule has 0 aromatic carbocycles. The fourth-order valence-electron chi connectivity index (χ4n) is 1.10. The number of carbonyl (C=O) groups is 2. The number of rotatable bonds is 4. The third-order valence-electron chi connectivity index (χ3n) is 2.09. The Bertz CT molecular complexity index is 361. The first-order valence-electron chi connectivity index (χ1n) is 4.71. The summed E-state index contributed by atoms with van der Waals surface area (Å²) >= 11 is 0. The quantitative estimate of drug-likeness (QED) is 0.755. The van der Waals surface area contributed by atoms with Gasteiger partial charge in [0.15, 0.2) is 0 Å². The fraction of sp³-hybridized carbons (Fsp3) is 0.400. The zero-order valence-electron chi connectivity index (χ0n) is 9.39. The van der Waals surface area contributed by atoms with Gasteiger partial charge in [0, 0.05) is 7.05 Å². The fourth-order valence-corrected chi connectivity index (χ4v) is 1.10. The van der Waals surface area contributed by atoms with Crippen molar-refractivity contribution in [2.45, 2.75) is 13.0 Å². The zero-order valence-corrected chi connectivity index (χ0v) is 9.39. The summed E-state index contributed by atoms with van der Waals surface area (Å²) in [5.74, 6) is -0.696. The second-order valence-electron chi connectivity index (χ2n) is 3.23. The van der Waals surface area contributed by atoms with E-state index in [4.69, 9.17) is 9.25 Å². The minimum Gasteiger partial charge on any atom is -0.472 e. The van der Waals surface area contributed by atoms with Crippen LogP contribution in [0.25, 0.3) is 0 Å². The van der Waals surface area contributed by atoms with E-state index in [1.807, 2.05) is 0 Å². The molecule has 0 aliphatic rings. The van der Waals surface area contributed by atoms with E-state index in [1.54, 1.807) is 6.92 Å². The summed E-state index contributed by atoms with van der Waals surface area (Å²) in [5, 5.41) is 3.58. The van der Waals surface area contributed by atoms with Crippen LogP contribution >= 0.6 is 0 Å². The van der Waals surface area contributed by atoms with E-state index in [0.717, 1.165) is 5.06 Å². The predicted molar refractivity (Wildman–Crippen MR) is 55.4 cm³/mol. The summed E-state index contributed by atoms with van der Waals surface area (Å²) in [5.41, 5.74) is 0.375. The maximum Gasteiger partial charge on any atom is 0.268 e. The molecule has 1 N–H and O–H groups in total. The first kappa shape index (κ1) is 12.3. The van der Waals surface area contributed by atoms with Gasteiger partial charge in [-0.1, -0.05) is 0 Å². The van der Waals surface area contributed by atoms with Crippen LogP contribution in [0.5, 0.6) is 0 Å². The minimum atomic E-state index is -0.660. The topological polar surface area (TPSA) is 71.8 Å². The third-order valence-corrected chi connectivity index (χ3v) is 2.09. The van der Waals surface area contributed by atoms with Crippen molar-refractivity contribution in [2.75, 3.05) is 14.2 Å². The molecule has 0 radical (unpaired) electrons. The molecular weight excluding hydrogens is 212 g/mol. The average molecular weight is 226 g/mol. The Morgan fingerprint density at radius 2 is 2.25 bits per heavy atom. The van der Waals surface area contributed by atoms with Gasteiger partial charge in [-0.25, -0.2) is 5.06 Å². The average Bonchev–Trinajstić information content (AvgIpc) is 2.80. The highest BCUT2D eigenvalue weighted by Crippen LogP contribution is 2.01. The van der Waals surface area contributed by atoms with Crippen molar-refractivity contribution >= 4 is 11.8 Å². The van der Waals surface area contributed by atoms with E-state index in [1.165, 1.54) is 32.8 Å². The highest BCUT2D eigenvalue weighted by molar-refractivity contribution is 5.96. The number of nitrogens with zero attached hydrogens (tertiary/aromatic N) is 1. The van der Waals surface area contributed by atoms with Crippen LogP contribution in [0.2, 0.25) is 0 Å². The Morgan fingerprint density at radius 1 is 1.56 bits per heavy atom. The molecule has 6 heteroatoms. The number of amides is 2. The molecule has 88 valence electrons. The molecule has 16 heavy (non-hydrogen) atoms. The van der Waals surface area contributed by atoms with E-state index >= 15 is 0 Å². The van der Waals surface area contributed by atoms with Crippen molar-refractivity contribution in [2.24, 2.45) is 0 Å². The van der Waals surface area contributed by atoms with Gasteiger partial charge in [-0.15, -0.1) is 0 Å². The second-order valence-corrected chi connectivity index (χ2v) is 3.23. The molecule has 1 heterocycles. The first-order valence-corrected chi connectivity index (χ1v) is 4.71. The van der Waals surface area contributed by atoms with Crippen molar-refractivity contribution in [1.29, 1.82) is 0 Å². The molecule has 0 bridgehead atoms. The molecule has 6 nitrogen and oxygen atoms in total. The lowest BCUT2D eigenvalue weighted by atomic mass is 10.2. The number of likely N-dealkylation sites (N-methyl/N-ethyl adjacent to an activating group) is 1. The molecule has 0 spiro atoms. The third kappa shape index (κ3) is 2.83. The van der Waals surface area contributed by atoms with Crippen LogP contribution in [0.15, 0.2) is 23.0 Å². The van der Waals surface area contributed by atoms with Gasteiger partial charge in [-0.05, 0) is 13.0 Å². The number of nitrogens with one attached hydrogen (secondary N) is 1. The SMILES string of the molecule is CON(C)C(=O)[C@H](C)NC(=O)c1ccoc1. The number of hydrogen-bond acceptors (Lipinski definition) is 4. The van der Waals surface area contributed by atoms with Crippen LogP contribution in [0, 0.1) is 0 Å². The second kappa shape index (κ2) is 5.32. The molecule has 1 aromatic rings. The van der Waals surface area contributed by atoms with Crippen molar-refractivity contribution < 1.29 is 18.8 Å². The highest BCUT2D eigenvalue weighted by Gasteiger charge is 2.20. The Hall–Kier alpha value is -1.82. The molecule has 0 aliphatic heterocycles. The lowest BCUT2D eigenvalue weighted by Crippen LogP contribution is -2.45. The molecule has 2 amide bonds. The Kier molecular flexibility index (Phi) is 4.07. The molecule has 0 saturated heterocycles. The monoisotopic (exact) mass is 226 g/mol. The minimum absolute atomic E-state index is 0.334. The number of carbonyl (C=O) groups excluding carboxylic acids is 2. The maximum atomic E-state index is 11.5. The van der Waals surface area contributed by atoms with Crippen molar-refractivity contribution in [1.82, 2.24) is 10.4 Å². The number of hydrogen-bond donors (Lipinski definition) is 1. The predicted octanol–water partition coefficient (Wildman–Crippen LogP) is 0.418. The number of hydroxylamine groups is 2. The summed E-state index contributed by atoms with van der Waals surface area (Å²) in [6.07, 6.45) is 2.70. The van der Waals surface area contributed by atoms with Crippen LogP contribution in [0.4, 0.5) is 0 Å². The largest absolute Gasteiger partial charge is 0.472 e. The molecule has 0 saturated carbocycles. The van der Waals surface area contributed by atoms with Crippen molar-refractivity contribution in [3.8, 4) is 0 Å². The Balaban J connectivity index is 2.55.